The number of aryl methyl sites for hydroxylation is 2. The summed E-state index contributed by atoms with van der Waals surface area (Å²) in [6, 6.07) is 12.7. The van der Waals surface area contributed by atoms with Crippen LogP contribution >= 0.6 is 58.8 Å². The predicted octanol–water partition coefficient (Wildman–Crippen LogP) is 9.21. The molecule has 5 heterocycles. The number of nitrogens with zero attached hydrogens (tertiary/aromatic N) is 6. The molecule has 3 atom stereocenters. The molecule has 1 saturated heterocycles. The van der Waals surface area contributed by atoms with Gasteiger partial charge in [0.1, 0.15) is 10.3 Å². The zero-order chi connectivity index (χ0) is 45.8. The third-order valence-electron chi connectivity index (χ3n) is 10.4. The van der Waals surface area contributed by atoms with Gasteiger partial charge in [-0.05, 0) is 82.5 Å². The number of rotatable bonds is 9. The zero-order valence-corrected chi connectivity index (χ0v) is 40.5. The number of fused-ring (bicyclic) bond motifs is 2. The lowest BCUT2D eigenvalue weighted by molar-refractivity contribution is 0.0697. The number of aromatic nitrogens is 6. The van der Waals surface area contributed by atoms with Gasteiger partial charge in [-0.3, -0.25) is 14.2 Å². The number of carboxylic acids is 1. The molecule has 1 saturated carbocycles. The maximum absolute atomic E-state index is 13.6. The highest BCUT2D eigenvalue weighted by atomic mass is 35.5. The molecule has 16 nitrogen and oxygen atoms in total. The van der Waals surface area contributed by atoms with Gasteiger partial charge in [0.15, 0.2) is 17.1 Å². The van der Waals surface area contributed by atoms with Gasteiger partial charge in [0.25, 0.3) is 0 Å². The molecule has 23 heteroatoms. The van der Waals surface area contributed by atoms with Gasteiger partial charge in [0.05, 0.1) is 46.9 Å². The fourth-order valence-electron chi connectivity index (χ4n) is 7.46. The molecule has 1 aliphatic carbocycles. The van der Waals surface area contributed by atoms with Gasteiger partial charge in [0, 0.05) is 63.1 Å². The molecule has 0 spiro atoms. The monoisotopic (exact) mass is 1020 g/mol. The van der Waals surface area contributed by atoms with Gasteiger partial charge in [-0.25, -0.2) is 40.6 Å². The van der Waals surface area contributed by atoms with Crippen molar-refractivity contribution in [1.29, 1.82) is 0 Å². The van der Waals surface area contributed by atoms with Crippen molar-refractivity contribution in [3.05, 3.63) is 115 Å². The molecule has 1 aliphatic heterocycles. The highest BCUT2D eigenvalue weighted by Crippen LogP contribution is 2.41. The fourth-order valence-corrected chi connectivity index (χ4v) is 9.23. The van der Waals surface area contributed by atoms with Crippen LogP contribution in [-0.4, -0.2) is 81.9 Å². The van der Waals surface area contributed by atoms with E-state index in [1.54, 1.807) is 10.6 Å². The van der Waals surface area contributed by atoms with Crippen LogP contribution in [0.1, 0.15) is 100 Å². The summed E-state index contributed by atoms with van der Waals surface area (Å²) in [5.41, 5.74) is 5.39. The van der Waals surface area contributed by atoms with E-state index < -0.39 is 26.0 Å². The minimum absolute atomic E-state index is 0. The molecular weight excluding hydrogens is 972 g/mol. The number of Topliss-reactive ketones (excluding diaryl/α,β-unsaturated/α-hetero) is 1. The van der Waals surface area contributed by atoms with E-state index in [2.05, 4.69) is 34.9 Å². The van der Waals surface area contributed by atoms with Crippen molar-refractivity contribution >= 4 is 113 Å². The maximum atomic E-state index is 13.6. The Morgan fingerprint density at radius 2 is 1.19 bits per heavy atom. The molecule has 4 aromatic heterocycles. The summed E-state index contributed by atoms with van der Waals surface area (Å²) < 4.78 is 53.4. The van der Waals surface area contributed by atoms with Crippen molar-refractivity contribution in [2.24, 2.45) is 5.92 Å². The quantitative estimate of drug-likeness (QED) is 0.0787. The van der Waals surface area contributed by atoms with Crippen molar-refractivity contribution in [3.8, 4) is 0 Å². The number of anilines is 2. The van der Waals surface area contributed by atoms with E-state index in [0.29, 0.717) is 33.4 Å². The van der Waals surface area contributed by atoms with Gasteiger partial charge in [-0.15, -0.1) is 12.4 Å². The number of piperidine rings is 1. The second kappa shape index (κ2) is 21.4. The third-order valence-corrected chi connectivity index (χ3v) is 12.8. The predicted molar refractivity (Wildman–Crippen MR) is 253 cm³/mol. The van der Waals surface area contributed by atoms with Crippen molar-refractivity contribution < 1.29 is 31.5 Å². The van der Waals surface area contributed by atoms with Crippen LogP contribution in [-0.2, 0) is 20.0 Å². The summed E-state index contributed by atoms with van der Waals surface area (Å²) in [4.78, 5) is 33.1. The lowest BCUT2D eigenvalue weighted by atomic mass is 9.74. The molecule has 4 N–H and O–H groups in total. The van der Waals surface area contributed by atoms with Crippen LogP contribution in [0.3, 0.4) is 0 Å². The van der Waals surface area contributed by atoms with Crippen LogP contribution in [0.15, 0.2) is 60.9 Å². The summed E-state index contributed by atoms with van der Waals surface area (Å²) in [5.74, 6) is -1.83. The molecule has 344 valence electrons. The van der Waals surface area contributed by atoms with Crippen LogP contribution in [0.2, 0.25) is 20.4 Å². The van der Waals surface area contributed by atoms with Crippen molar-refractivity contribution in [2.45, 2.75) is 70.8 Å². The van der Waals surface area contributed by atoms with Gasteiger partial charge < -0.3 is 10.4 Å². The SMILES string of the molecule is CS(=O)(=O)Nc1ccc(Cl)cc1C(=O)O.Cc1cn2nc([C@@H]3CCCCC3C(=O)c3cc(Cl)ccc3NS(C)(=O)=O)cc2nc1Cl.Cc1cn2nc([C@@H]3CCCCN3)cc2nc1Cl.Cl. The Morgan fingerprint density at radius 1 is 0.703 bits per heavy atom. The number of aromatic carboxylic acids is 1. The minimum Gasteiger partial charge on any atom is -0.478 e. The first kappa shape index (κ1) is 50.7. The van der Waals surface area contributed by atoms with E-state index in [9.17, 15) is 26.4 Å². The summed E-state index contributed by atoms with van der Waals surface area (Å²) >= 11 is 23.9. The Bertz CT molecular complexity index is 2830. The number of carbonyl (C=O) groups is 2. The van der Waals surface area contributed by atoms with Crippen molar-refractivity contribution in [1.82, 2.24) is 34.5 Å². The van der Waals surface area contributed by atoms with E-state index in [0.717, 1.165) is 72.9 Å². The molecule has 8 rings (SSSR count). The first-order valence-corrected chi connectivity index (χ1v) is 25.1. The molecule has 0 bridgehead atoms. The average molecular weight is 1020 g/mol. The highest BCUT2D eigenvalue weighted by molar-refractivity contribution is 7.92. The fraction of sp³-hybridized carbons (Fsp3) is 0.366. The number of hydrogen-bond acceptors (Lipinski definition) is 11. The highest BCUT2D eigenvalue weighted by Gasteiger charge is 2.35. The smallest absolute Gasteiger partial charge is 0.337 e. The summed E-state index contributed by atoms with van der Waals surface area (Å²) in [6.07, 6.45) is 12.8. The first-order valence-electron chi connectivity index (χ1n) is 19.8. The first-order chi connectivity index (χ1) is 29.7. The van der Waals surface area contributed by atoms with E-state index in [-0.39, 0.29) is 57.6 Å². The van der Waals surface area contributed by atoms with Crippen LogP contribution in [0.5, 0.6) is 0 Å². The Kier molecular flexibility index (Phi) is 16.9. The summed E-state index contributed by atoms with van der Waals surface area (Å²) in [6.45, 7) is 4.87. The third kappa shape index (κ3) is 13.2. The molecule has 2 aromatic carbocycles. The van der Waals surface area contributed by atoms with E-state index in [1.807, 2.05) is 42.9 Å². The average Bonchev–Trinajstić information content (AvgIpc) is 3.82. The topological polar surface area (TPSA) is 219 Å². The molecule has 0 radical (unpaired) electrons. The molecule has 0 amide bonds. The maximum Gasteiger partial charge on any atom is 0.337 e. The lowest BCUT2D eigenvalue weighted by Crippen LogP contribution is -2.27. The van der Waals surface area contributed by atoms with Crippen molar-refractivity contribution in [2.75, 3.05) is 28.5 Å². The summed E-state index contributed by atoms with van der Waals surface area (Å²) in [5, 5.41) is 23.1. The molecule has 1 unspecified atom stereocenters. The van der Waals surface area contributed by atoms with Crippen LogP contribution in [0, 0.1) is 19.8 Å². The number of carboxylic acid groups (broad SMARTS) is 1. The second-order valence-electron chi connectivity index (χ2n) is 15.5. The second-order valence-corrected chi connectivity index (χ2v) is 20.6. The number of sulfonamides is 2. The number of carbonyl (C=O) groups excluding carboxylic acids is 1. The number of halogens is 5. The van der Waals surface area contributed by atoms with Gasteiger partial charge >= 0.3 is 5.97 Å². The van der Waals surface area contributed by atoms with Crippen molar-refractivity contribution in [3.63, 3.8) is 0 Å². The van der Waals surface area contributed by atoms with Gasteiger partial charge in [-0.1, -0.05) is 65.7 Å². The van der Waals surface area contributed by atoms with E-state index in [1.165, 1.54) is 43.2 Å². The van der Waals surface area contributed by atoms with E-state index in [4.69, 9.17) is 51.5 Å². The van der Waals surface area contributed by atoms with E-state index >= 15 is 0 Å². The number of benzene rings is 2. The Morgan fingerprint density at radius 3 is 1.70 bits per heavy atom. The Balaban J connectivity index is 0.000000197. The Hall–Kier alpha value is -4.27. The van der Waals surface area contributed by atoms with Gasteiger partial charge in [0.2, 0.25) is 20.0 Å². The molecule has 6 aromatic rings. The minimum atomic E-state index is -3.55. The lowest BCUT2D eigenvalue weighted by Gasteiger charge is -2.29. The number of hydrogen-bond donors (Lipinski definition) is 4. The van der Waals surface area contributed by atoms with Gasteiger partial charge in [-0.2, -0.15) is 10.2 Å². The summed E-state index contributed by atoms with van der Waals surface area (Å²) in [7, 11) is -7.05. The normalized spacial score (nSPS) is 17.6. The number of nitrogens with one attached hydrogen (secondary N) is 3. The van der Waals surface area contributed by atoms with Crippen LogP contribution in [0.25, 0.3) is 11.3 Å². The molecule has 64 heavy (non-hydrogen) atoms. The number of ketones is 1. The zero-order valence-electron chi connectivity index (χ0n) is 35.0. The standard InChI is InChI=1S/C21H22Cl2N4O3S.C12H15ClN4.C8H8ClNO4S.ClH/c1-12-11-27-19(24-21(12)23)10-18(25-27)14-5-3-4-6-15(14)20(28)16-9-13(22)7-8-17(16)26-31(2,29)30;1-8-7-17-11(15-12(8)13)6-10(16-17)9-4-2-3-5-14-9;1-15(13,14)10-7-3-2-5(9)4-6(7)8(11)12;/h7-11,14-15,26H,3-6H2,1-2H3;6-7,9,14H,2-5H2,1H3;2-4,10H,1H3,(H,11,12);1H/t14-,15?;9-;;/m10../s1. The Labute approximate surface area is 397 Å². The molecule has 2 aliphatic rings. The molecular formula is C41H46Cl5N9O7S2. The van der Waals surface area contributed by atoms with Crippen LogP contribution in [0.4, 0.5) is 11.4 Å². The molecule has 2 fully saturated rings. The van der Waals surface area contributed by atoms with Crippen LogP contribution < -0.4 is 14.8 Å². The largest absolute Gasteiger partial charge is 0.478 e.